The Balaban J connectivity index is 5.71. The van der Waals surface area contributed by atoms with E-state index in [0.29, 0.717) is 10.8 Å². The van der Waals surface area contributed by atoms with Crippen LogP contribution in [0, 0.1) is 34.5 Å². The van der Waals surface area contributed by atoms with Crippen molar-refractivity contribution >= 4 is 0 Å². The molecular weight excluding hydrogens is 264 g/mol. The summed E-state index contributed by atoms with van der Waals surface area (Å²) in [5.74, 6) is 3.29. The Morgan fingerprint density at radius 3 is 1.64 bits per heavy atom. The Morgan fingerprint density at radius 2 is 1.32 bits per heavy atom. The summed E-state index contributed by atoms with van der Waals surface area (Å²) in [6, 6.07) is 0. The SMILES string of the molecule is CCCC(C)C(C)(C(CC)CC(C)C(C)C)C(C)(CC)CC. The van der Waals surface area contributed by atoms with Crippen molar-refractivity contribution in [2.24, 2.45) is 34.5 Å². The highest BCUT2D eigenvalue weighted by Gasteiger charge is 2.49. The van der Waals surface area contributed by atoms with Gasteiger partial charge >= 0.3 is 0 Å². The summed E-state index contributed by atoms with van der Waals surface area (Å²) in [6.07, 6.45) is 8.03. The van der Waals surface area contributed by atoms with E-state index >= 15 is 0 Å². The van der Waals surface area contributed by atoms with Gasteiger partial charge in [-0.25, -0.2) is 0 Å². The van der Waals surface area contributed by atoms with E-state index in [1.54, 1.807) is 0 Å². The van der Waals surface area contributed by atoms with E-state index in [0.717, 1.165) is 23.7 Å². The second-order valence-corrected chi connectivity index (χ2v) is 8.80. The first-order valence-corrected chi connectivity index (χ1v) is 10.1. The van der Waals surface area contributed by atoms with Crippen molar-refractivity contribution in [3.05, 3.63) is 0 Å². The van der Waals surface area contributed by atoms with Gasteiger partial charge in [-0.05, 0) is 40.9 Å². The van der Waals surface area contributed by atoms with Gasteiger partial charge in [0.1, 0.15) is 0 Å². The molecule has 0 aromatic heterocycles. The van der Waals surface area contributed by atoms with E-state index in [4.69, 9.17) is 0 Å². The maximum atomic E-state index is 2.64. The summed E-state index contributed by atoms with van der Waals surface area (Å²) >= 11 is 0. The van der Waals surface area contributed by atoms with Gasteiger partial charge in [0, 0.05) is 0 Å². The third-order valence-corrected chi connectivity index (χ3v) is 7.74. The lowest BCUT2D eigenvalue weighted by Gasteiger charge is -2.55. The Hall–Kier alpha value is 0. The van der Waals surface area contributed by atoms with E-state index in [1.807, 2.05) is 0 Å². The Kier molecular flexibility index (Phi) is 9.33. The highest BCUT2D eigenvalue weighted by molar-refractivity contribution is 4.98. The molecule has 0 saturated carbocycles. The molecule has 0 N–H and O–H groups in total. The fourth-order valence-corrected chi connectivity index (χ4v) is 4.79. The van der Waals surface area contributed by atoms with Crippen LogP contribution in [-0.2, 0) is 0 Å². The molecule has 0 aliphatic carbocycles. The molecule has 0 amide bonds. The molecule has 0 aromatic carbocycles. The predicted octanol–water partition coefficient (Wildman–Crippen LogP) is 7.96. The largest absolute Gasteiger partial charge is 0.0654 e. The van der Waals surface area contributed by atoms with Gasteiger partial charge in [0.15, 0.2) is 0 Å². The van der Waals surface area contributed by atoms with Gasteiger partial charge in [-0.15, -0.1) is 0 Å². The van der Waals surface area contributed by atoms with Crippen LogP contribution in [-0.4, -0.2) is 0 Å². The smallest absolute Gasteiger partial charge is 0.0218 e. The molecule has 4 unspecified atom stereocenters. The third kappa shape index (κ3) is 4.51. The van der Waals surface area contributed by atoms with E-state index in [2.05, 4.69) is 69.2 Å². The van der Waals surface area contributed by atoms with Crippen molar-refractivity contribution in [3.8, 4) is 0 Å². The van der Waals surface area contributed by atoms with Crippen LogP contribution in [0.3, 0.4) is 0 Å². The van der Waals surface area contributed by atoms with Crippen molar-refractivity contribution < 1.29 is 0 Å². The summed E-state index contributed by atoms with van der Waals surface area (Å²) in [5.41, 5.74) is 0.906. The fraction of sp³-hybridized carbons (Fsp3) is 1.00. The zero-order valence-electron chi connectivity index (χ0n) is 17.6. The molecule has 0 rings (SSSR count). The zero-order valence-corrected chi connectivity index (χ0v) is 17.6. The highest BCUT2D eigenvalue weighted by Crippen LogP contribution is 2.57. The molecule has 0 heterocycles. The van der Waals surface area contributed by atoms with Crippen molar-refractivity contribution in [1.82, 2.24) is 0 Å². The van der Waals surface area contributed by atoms with Crippen LogP contribution in [0.4, 0.5) is 0 Å². The molecule has 0 radical (unpaired) electrons. The van der Waals surface area contributed by atoms with Gasteiger partial charge in [-0.1, -0.05) is 101 Å². The van der Waals surface area contributed by atoms with E-state index in [-0.39, 0.29) is 0 Å². The van der Waals surface area contributed by atoms with Crippen LogP contribution in [0.15, 0.2) is 0 Å². The van der Waals surface area contributed by atoms with Gasteiger partial charge in [-0.3, -0.25) is 0 Å². The van der Waals surface area contributed by atoms with Gasteiger partial charge in [0.05, 0.1) is 0 Å². The topological polar surface area (TPSA) is 0 Å². The molecule has 0 aliphatic heterocycles. The molecule has 22 heavy (non-hydrogen) atoms. The van der Waals surface area contributed by atoms with Crippen LogP contribution in [0.2, 0.25) is 0 Å². The fourth-order valence-electron chi connectivity index (χ4n) is 4.79. The molecule has 0 saturated heterocycles. The summed E-state index contributed by atoms with van der Waals surface area (Å²) < 4.78 is 0. The molecule has 0 nitrogen and oxygen atoms in total. The van der Waals surface area contributed by atoms with Crippen molar-refractivity contribution in [3.63, 3.8) is 0 Å². The van der Waals surface area contributed by atoms with Gasteiger partial charge in [0.25, 0.3) is 0 Å². The maximum Gasteiger partial charge on any atom is -0.0218 e. The van der Waals surface area contributed by atoms with E-state index in [9.17, 15) is 0 Å². The van der Waals surface area contributed by atoms with Gasteiger partial charge in [0.2, 0.25) is 0 Å². The molecule has 4 atom stereocenters. The number of hydrogen-bond donors (Lipinski definition) is 0. The molecular formula is C22H46. The standard InChI is InChI=1S/C22H46/c1-11-15-19(8)22(10,21(9,13-3)14-4)20(12-2)16-18(7)17(5)6/h17-20H,11-16H2,1-10H3. The minimum absolute atomic E-state index is 0.449. The van der Waals surface area contributed by atoms with Crippen LogP contribution in [0.1, 0.15) is 108 Å². The lowest BCUT2D eigenvalue weighted by Crippen LogP contribution is -2.48. The first kappa shape index (κ1) is 22.0. The summed E-state index contributed by atoms with van der Waals surface area (Å²) in [4.78, 5) is 0. The second-order valence-electron chi connectivity index (χ2n) is 8.80. The predicted molar refractivity (Wildman–Crippen MR) is 103 cm³/mol. The van der Waals surface area contributed by atoms with E-state index < -0.39 is 0 Å². The maximum absolute atomic E-state index is 2.64. The van der Waals surface area contributed by atoms with Crippen molar-refractivity contribution in [2.75, 3.05) is 0 Å². The van der Waals surface area contributed by atoms with Crippen LogP contribution in [0.25, 0.3) is 0 Å². The highest BCUT2D eigenvalue weighted by atomic mass is 14.5. The lowest BCUT2D eigenvalue weighted by molar-refractivity contribution is -0.0642. The van der Waals surface area contributed by atoms with Crippen LogP contribution in [0.5, 0.6) is 0 Å². The molecule has 0 fully saturated rings. The molecule has 0 spiro atoms. The average molecular weight is 311 g/mol. The number of hydrogen-bond acceptors (Lipinski definition) is 0. The minimum atomic E-state index is 0.449. The number of rotatable bonds is 11. The molecule has 0 heteroatoms. The van der Waals surface area contributed by atoms with Crippen LogP contribution < -0.4 is 0 Å². The zero-order chi connectivity index (χ0) is 17.6. The summed E-state index contributed by atoms with van der Waals surface area (Å²) in [7, 11) is 0. The monoisotopic (exact) mass is 310 g/mol. The summed E-state index contributed by atoms with van der Waals surface area (Å²) in [6.45, 7) is 24.6. The molecule has 0 bridgehead atoms. The molecule has 134 valence electrons. The Labute approximate surface area is 142 Å². The third-order valence-electron chi connectivity index (χ3n) is 7.74. The Bertz CT molecular complexity index is 286. The first-order chi connectivity index (χ1) is 10.1. The van der Waals surface area contributed by atoms with Gasteiger partial charge < -0.3 is 0 Å². The van der Waals surface area contributed by atoms with Crippen LogP contribution >= 0.6 is 0 Å². The normalized spacial score (nSPS) is 19.8. The minimum Gasteiger partial charge on any atom is -0.0654 e. The Morgan fingerprint density at radius 1 is 0.818 bits per heavy atom. The molecule has 0 aromatic rings. The quantitative estimate of drug-likeness (QED) is 0.363. The van der Waals surface area contributed by atoms with Crippen molar-refractivity contribution in [1.29, 1.82) is 0 Å². The lowest BCUT2D eigenvalue weighted by atomic mass is 9.49. The second kappa shape index (κ2) is 9.33. The summed E-state index contributed by atoms with van der Waals surface area (Å²) in [5, 5.41) is 0. The average Bonchev–Trinajstić information content (AvgIpc) is 2.50. The van der Waals surface area contributed by atoms with Gasteiger partial charge in [-0.2, -0.15) is 0 Å². The molecule has 0 aliphatic rings. The van der Waals surface area contributed by atoms with Crippen molar-refractivity contribution in [2.45, 2.75) is 108 Å². The first-order valence-electron chi connectivity index (χ1n) is 10.1. The van der Waals surface area contributed by atoms with E-state index in [1.165, 1.54) is 38.5 Å².